The molecule has 2 aromatic carbocycles. The molecule has 0 saturated carbocycles. The predicted molar refractivity (Wildman–Crippen MR) is 106 cm³/mol. The zero-order valence-corrected chi connectivity index (χ0v) is 15.8. The molecule has 0 aliphatic carbocycles. The molecule has 138 valence electrons. The summed E-state index contributed by atoms with van der Waals surface area (Å²) in [6.45, 7) is 3.33. The molecule has 0 saturated heterocycles. The Balaban J connectivity index is 1.80. The lowest BCUT2D eigenvalue weighted by molar-refractivity contribution is 0.188. The van der Waals surface area contributed by atoms with E-state index in [4.69, 9.17) is 21.3 Å². The number of phenolic OH excluding ortho intramolecular Hbond substituents is 1. The van der Waals surface area contributed by atoms with Gasteiger partial charge in [-0.05, 0) is 42.8 Å². The van der Waals surface area contributed by atoms with Gasteiger partial charge in [-0.25, -0.2) is 9.97 Å². The summed E-state index contributed by atoms with van der Waals surface area (Å²) < 4.78 is 7.40. The first-order valence-electron chi connectivity index (χ1n) is 8.57. The number of methoxy groups -OCH3 is 1. The number of nitrogens with zero attached hydrogens (tertiary/aromatic N) is 3. The number of aromatic hydroxyl groups is 1. The van der Waals surface area contributed by atoms with Crippen molar-refractivity contribution in [2.24, 2.45) is 0 Å². The number of aromatic nitrogens is 4. The highest BCUT2D eigenvalue weighted by Crippen LogP contribution is 2.30. The molecule has 2 heterocycles. The number of halogens is 1. The first kappa shape index (κ1) is 17.6. The van der Waals surface area contributed by atoms with Crippen molar-refractivity contribution in [1.29, 1.82) is 0 Å². The van der Waals surface area contributed by atoms with Crippen LogP contribution in [0.4, 0.5) is 0 Å². The Labute approximate surface area is 161 Å². The first-order chi connectivity index (χ1) is 13.1. The highest BCUT2D eigenvalue weighted by atomic mass is 35.5. The molecule has 4 aromatic rings. The minimum Gasteiger partial charge on any atom is -0.506 e. The summed E-state index contributed by atoms with van der Waals surface area (Å²) in [5, 5.41) is 10.2. The summed E-state index contributed by atoms with van der Waals surface area (Å²) >= 11 is 5.89. The quantitative estimate of drug-likeness (QED) is 0.536. The number of aromatic amines is 1. The van der Waals surface area contributed by atoms with Crippen LogP contribution < -0.4 is 0 Å². The number of benzene rings is 2. The fourth-order valence-electron chi connectivity index (χ4n) is 3.09. The lowest BCUT2D eigenvalue weighted by Crippen LogP contribution is -2.06. The summed E-state index contributed by atoms with van der Waals surface area (Å²) in [5.41, 5.74) is 4.70. The molecule has 0 fully saturated rings. The molecule has 0 aliphatic heterocycles. The Morgan fingerprint density at radius 2 is 2.07 bits per heavy atom. The van der Waals surface area contributed by atoms with Crippen LogP contribution in [0.15, 0.2) is 42.6 Å². The summed E-state index contributed by atoms with van der Waals surface area (Å²) in [6, 6.07) is 11.2. The third-order valence-corrected chi connectivity index (χ3v) is 4.78. The molecule has 27 heavy (non-hydrogen) atoms. The van der Waals surface area contributed by atoms with Gasteiger partial charge in [-0.15, -0.1) is 0 Å². The largest absolute Gasteiger partial charge is 0.506 e. The van der Waals surface area contributed by atoms with Crippen LogP contribution in [0.2, 0.25) is 5.02 Å². The molecule has 0 atom stereocenters. The second-order valence-corrected chi connectivity index (χ2v) is 6.79. The van der Waals surface area contributed by atoms with E-state index in [2.05, 4.69) is 33.6 Å². The average molecular weight is 383 g/mol. The van der Waals surface area contributed by atoms with Crippen molar-refractivity contribution in [2.45, 2.75) is 13.5 Å². The van der Waals surface area contributed by atoms with Crippen LogP contribution in [0.3, 0.4) is 0 Å². The van der Waals surface area contributed by atoms with Gasteiger partial charge in [-0.1, -0.05) is 17.7 Å². The van der Waals surface area contributed by atoms with E-state index in [0.29, 0.717) is 24.0 Å². The van der Waals surface area contributed by atoms with Gasteiger partial charge in [0.05, 0.1) is 28.9 Å². The molecule has 0 radical (unpaired) electrons. The van der Waals surface area contributed by atoms with E-state index < -0.39 is 0 Å². The summed E-state index contributed by atoms with van der Waals surface area (Å²) in [7, 11) is 1.69. The summed E-state index contributed by atoms with van der Waals surface area (Å²) in [6.07, 6.45) is 1.75. The Kier molecular flexibility index (Phi) is 4.59. The van der Waals surface area contributed by atoms with Gasteiger partial charge in [0.15, 0.2) is 5.82 Å². The van der Waals surface area contributed by atoms with Crippen LogP contribution in [0.1, 0.15) is 5.56 Å². The molecule has 0 spiro atoms. The molecular formula is C20H19ClN4O2. The van der Waals surface area contributed by atoms with Gasteiger partial charge in [0, 0.05) is 19.2 Å². The lowest BCUT2D eigenvalue weighted by Gasteiger charge is -2.07. The Morgan fingerprint density at radius 3 is 2.85 bits per heavy atom. The van der Waals surface area contributed by atoms with Crippen molar-refractivity contribution in [2.75, 3.05) is 13.7 Å². The van der Waals surface area contributed by atoms with Crippen LogP contribution in [0.25, 0.3) is 33.9 Å². The maximum absolute atomic E-state index is 9.84. The molecule has 2 aromatic heterocycles. The number of hydrogen-bond acceptors (Lipinski definition) is 4. The van der Waals surface area contributed by atoms with Gasteiger partial charge in [0.1, 0.15) is 17.3 Å². The number of nitrogens with one attached hydrogen (secondary N) is 1. The maximum atomic E-state index is 9.84. The van der Waals surface area contributed by atoms with Gasteiger partial charge >= 0.3 is 0 Å². The zero-order valence-electron chi connectivity index (χ0n) is 15.0. The molecule has 7 heteroatoms. The smallest absolute Gasteiger partial charge is 0.159 e. The highest BCUT2D eigenvalue weighted by molar-refractivity contribution is 6.32. The van der Waals surface area contributed by atoms with E-state index in [1.165, 1.54) is 5.56 Å². The number of fused-ring (bicyclic) bond motifs is 1. The monoisotopic (exact) mass is 382 g/mol. The fourth-order valence-corrected chi connectivity index (χ4v) is 3.21. The summed E-state index contributed by atoms with van der Waals surface area (Å²) in [5.74, 6) is 1.46. The van der Waals surface area contributed by atoms with Crippen LogP contribution in [-0.4, -0.2) is 38.3 Å². The van der Waals surface area contributed by atoms with Gasteiger partial charge in [-0.3, -0.25) is 0 Å². The van der Waals surface area contributed by atoms with E-state index in [1.807, 2.05) is 12.1 Å². The SMILES string of the molecule is COCCn1c(-c2cnc(-c3ccc(Cl)c(O)c3)[nH]2)nc2ccc(C)cc21. The van der Waals surface area contributed by atoms with Crippen molar-refractivity contribution in [1.82, 2.24) is 19.5 Å². The molecular weight excluding hydrogens is 364 g/mol. The minimum atomic E-state index is 0.0231. The van der Waals surface area contributed by atoms with Crippen molar-refractivity contribution < 1.29 is 9.84 Å². The lowest BCUT2D eigenvalue weighted by atomic mass is 10.2. The number of ether oxygens (including phenoxy) is 1. The number of H-pyrrole nitrogens is 1. The summed E-state index contributed by atoms with van der Waals surface area (Å²) in [4.78, 5) is 12.5. The second kappa shape index (κ2) is 7.06. The number of imidazole rings is 2. The Hall–Kier alpha value is -2.83. The molecule has 2 N–H and O–H groups in total. The van der Waals surface area contributed by atoms with E-state index in [1.54, 1.807) is 25.4 Å². The Morgan fingerprint density at radius 1 is 1.22 bits per heavy atom. The van der Waals surface area contributed by atoms with Crippen molar-refractivity contribution in [3.8, 4) is 28.7 Å². The first-order valence-corrected chi connectivity index (χ1v) is 8.94. The van der Waals surface area contributed by atoms with Crippen molar-refractivity contribution in [3.05, 3.63) is 53.2 Å². The van der Waals surface area contributed by atoms with Crippen LogP contribution in [0, 0.1) is 6.92 Å². The van der Waals surface area contributed by atoms with Gasteiger partial charge in [0.2, 0.25) is 0 Å². The standard InChI is InChI=1S/C20H19ClN4O2/c1-12-3-6-15-17(9-12)25(7-8-27-2)20(24-15)16-11-22-19(23-16)13-4-5-14(21)18(26)10-13/h3-6,9-11,26H,7-8H2,1-2H3,(H,22,23). The number of hydrogen-bond donors (Lipinski definition) is 2. The third-order valence-electron chi connectivity index (χ3n) is 4.46. The average Bonchev–Trinajstić information content (AvgIpc) is 3.27. The molecule has 0 aliphatic rings. The topological polar surface area (TPSA) is 76.0 Å². The van der Waals surface area contributed by atoms with Gasteiger partial charge in [-0.2, -0.15) is 0 Å². The van der Waals surface area contributed by atoms with E-state index in [9.17, 15) is 5.11 Å². The number of phenols is 1. The minimum absolute atomic E-state index is 0.0231. The van der Waals surface area contributed by atoms with E-state index in [-0.39, 0.29) is 5.75 Å². The van der Waals surface area contributed by atoms with Gasteiger partial charge < -0.3 is 19.4 Å². The Bertz CT molecular complexity index is 1120. The second-order valence-electron chi connectivity index (χ2n) is 6.38. The number of aryl methyl sites for hydroxylation is 1. The third kappa shape index (κ3) is 3.29. The predicted octanol–water partition coefficient (Wildman–Crippen LogP) is 4.41. The molecule has 0 unspecified atom stereocenters. The van der Waals surface area contributed by atoms with E-state index in [0.717, 1.165) is 28.1 Å². The fraction of sp³-hybridized carbons (Fsp3) is 0.200. The van der Waals surface area contributed by atoms with E-state index >= 15 is 0 Å². The van der Waals surface area contributed by atoms with Gasteiger partial charge in [0.25, 0.3) is 0 Å². The normalized spacial score (nSPS) is 11.4. The van der Waals surface area contributed by atoms with Crippen LogP contribution >= 0.6 is 11.6 Å². The highest BCUT2D eigenvalue weighted by Gasteiger charge is 2.16. The number of rotatable bonds is 5. The van der Waals surface area contributed by atoms with Crippen LogP contribution in [-0.2, 0) is 11.3 Å². The zero-order chi connectivity index (χ0) is 19.0. The molecule has 0 bridgehead atoms. The van der Waals surface area contributed by atoms with Crippen molar-refractivity contribution in [3.63, 3.8) is 0 Å². The van der Waals surface area contributed by atoms with Crippen LogP contribution in [0.5, 0.6) is 5.75 Å². The molecule has 0 amide bonds. The molecule has 4 rings (SSSR count). The molecule has 6 nitrogen and oxygen atoms in total. The van der Waals surface area contributed by atoms with Crippen molar-refractivity contribution >= 4 is 22.6 Å². The maximum Gasteiger partial charge on any atom is 0.159 e.